The second-order valence-corrected chi connectivity index (χ2v) is 7.21. The van der Waals surface area contributed by atoms with E-state index in [2.05, 4.69) is 20.3 Å². The number of ether oxygens (including phenoxy) is 2. The smallest absolute Gasteiger partial charge is 0.410 e. The molecule has 1 aromatic heterocycles. The number of carbonyl (C=O) groups excluding carboxylic acids is 2. The first kappa shape index (κ1) is 16.6. The Balaban J connectivity index is 1.43. The average molecular weight is 338 g/mol. The first-order valence-electron chi connectivity index (χ1n) is 7.85. The molecule has 1 aromatic rings. The highest BCUT2D eigenvalue weighted by molar-refractivity contribution is 5.88. The molecule has 2 aliphatic heterocycles. The Morgan fingerprint density at radius 1 is 1.42 bits per heavy atom. The van der Waals surface area contributed by atoms with Crippen LogP contribution in [0.3, 0.4) is 0 Å². The zero-order valence-electron chi connectivity index (χ0n) is 14.0. The summed E-state index contributed by atoms with van der Waals surface area (Å²) in [6.07, 6.45) is 1.69. The van der Waals surface area contributed by atoms with Gasteiger partial charge in [-0.05, 0) is 20.8 Å². The molecule has 24 heavy (non-hydrogen) atoms. The fourth-order valence-electron chi connectivity index (χ4n) is 2.88. The topological polar surface area (TPSA) is 106 Å². The van der Waals surface area contributed by atoms with Gasteiger partial charge in [-0.2, -0.15) is 0 Å². The number of hydrogen-bond donors (Lipinski definition) is 2. The molecule has 3 amide bonds. The van der Waals surface area contributed by atoms with Gasteiger partial charge in [-0.3, -0.25) is 5.32 Å². The zero-order valence-corrected chi connectivity index (χ0v) is 14.0. The fraction of sp³-hybridized carbons (Fsp3) is 0.667. The molecule has 1 atom stereocenters. The van der Waals surface area contributed by atoms with Crippen molar-refractivity contribution in [1.82, 2.24) is 15.4 Å². The molecule has 2 saturated heterocycles. The minimum atomic E-state index is -0.514. The maximum atomic E-state index is 12.0. The number of anilines is 1. The molecule has 2 aliphatic rings. The highest BCUT2D eigenvalue weighted by atomic mass is 16.6. The number of amides is 3. The number of nitrogens with one attached hydrogen (secondary N) is 2. The van der Waals surface area contributed by atoms with Crippen LogP contribution in [0.1, 0.15) is 27.2 Å². The van der Waals surface area contributed by atoms with Crippen LogP contribution >= 0.6 is 0 Å². The molecule has 0 radical (unpaired) electrons. The highest BCUT2D eigenvalue weighted by Gasteiger charge is 2.52. The van der Waals surface area contributed by atoms with Crippen molar-refractivity contribution in [2.75, 3.05) is 25.0 Å². The summed E-state index contributed by atoms with van der Waals surface area (Å²) in [5.41, 5.74) is -0.900. The number of rotatable bonds is 2. The molecular formula is C15H22N4O5. The first-order chi connectivity index (χ1) is 11.2. The summed E-state index contributed by atoms with van der Waals surface area (Å²) < 4.78 is 15.8. The van der Waals surface area contributed by atoms with Crippen molar-refractivity contribution in [2.45, 2.75) is 44.4 Å². The van der Waals surface area contributed by atoms with E-state index in [9.17, 15) is 9.59 Å². The van der Waals surface area contributed by atoms with E-state index < -0.39 is 5.60 Å². The Morgan fingerprint density at radius 2 is 2.17 bits per heavy atom. The summed E-state index contributed by atoms with van der Waals surface area (Å²) in [5.74, 6) is 0.348. The molecule has 2 fully saturated rings. The number of hydrogen-bond acceptors (Lipinski definition) is 6. The molecule has 0 aliphatic carbocycles. The predicted octanol–water partition coefficient (Wildman–Crippen LogP) is 1.57. The first-order valence-corrected chi connectivity index (χ1v) is 7.85. The lowest BCUT2D eigenvalue weighted by atomic mass is 9.90. The minimum Gasteiger partial charge on any atom is -0.444 e. The number of carbonyl (C=O) groups is 2. The van der Waals surface area contributed by atoms with Crippen molar-refractivity contribution in [3.8, 4) is 0 Å². The number of urea groups is 1. The van der Waals surface area contributed by atoms with Crippen molar-refractivity contribution >= 4 is 17.9 Å². The third kappa shape index (κ3) is 3.78. The molecule has 3 rings (SSSR count). The third-order valence-electron chi connectivity index (χ3n) is 3.83. The van der Waals surface area contributed by atoms with E-state index in [1.54, 1.807) is 11.0 Å². The molecule has 0 saturated carbocycles. The van der Waals surface area contributed by atoms with Crippen molar-refractivity contribution in [3.63, 3.8) is 0 Å². The van der Waals surface area contributed by atoms with Gasteiger partial charge in [-0.25, -0.2) is 9.59 Å². The van der Waals surface area contributed by atoms with E-state index in [0.29, 0.717) is 31.9 Å². The van der Waals surface area contributed by atoms with Gasteiger partial charge in [0, 0.05) is 12.5 Å². The Labute approximate surface area is 139 Å². The molecule has 1 spiro atoms. The average Bonchev–Trinajstić information content (AvgIpc) is 3.04. The van der Waals surface area contributed by atoms with Crippen LogP contribution in [0.25, 0.3) is 0 Å². The van der Waals surface area contributed by atoms with E-state index >= 15 is 0 Å². The molecule has 3 heterocycles. The Hall–Kier alpha value is -2.29. The lowest BCUT2D eigenvalue weighted by Gasteiger charge is -2.46. The largest absolute Gasteiger partial charge is 0.444 e. The molecule has 2 N–H and O–H groups in total. The minimum absolute atomic E-state index is 0.113. The maximum absolute atomic E-state index is 12.0. The summed E-state index contributed by atoms with van der Waals surface area (Å²) in [4.78, 5) is 25.5. The van der Waals surface area contributed by atoms with Crippen LogP contribution in [-0.4, -0.2) is 59.1 Å². The summed E-state index contributed by atoms with van der Waals surface area (Å²) in [5, 5.41) is 9.01. The number of nitrogens with zero attached hydrogens (tertiary/aromatic N) is 2. The second kappa shape index (κ2) is 5.97. The number of likely N-dealkylation sites (tertiary alicyclic amines) is 1. The van der Waals surface area contributed by atoms with Crippen molar-refractivity contribution in [1.29, 1.82) is 0 Å². The predicted molar refractivity (Wildman–Crippen MR) is 83.6 cm³/mol. The van der Waals surface area contributed by atoms with E-state index in [-0.39, 0.29) is 23.8 Å². The van der Waals surface area contributed by atoms with Gasteiger partial charge in [0.15, 0.2) is 5.82 Å². The molecule has 0 aromatic carbocycles. The second-order valence-electron chi connectivity index (χ2n) is 7.21. The number of aromatic nitrogens is 1. The van der Waals surface area contributed by atoms with Crippen molar-refractivity contribution in [3.05, 3.63) is 12.3 Å². The normalized spacial score (nSPS) is 22.1. The molecular weight excluding hydrogens is 316 g/mol. The van der Waals surface area contributed by atoms with E-state index in [1.807, 2.05) is 20.8 Å². The van der Waals surface area contributed by atoms with Gasteiger partial charge in [0.25, 0.3) is 0 Å². The summed E-state index contributed by atoms with van der Waals surface area (Å²) in [7, 11) is 0. The third-order valence-corrected chi connectivity index (χ3v) is 3.83. The van der Waals surface area contributed by atoms with Crippen LogP contribution in [0.15, 0.2) is 16.9 Å². The van der Waals surface area contributed by atoms with Crippen LogP contribution in [0.4, 0.5) is 15.4 Å². The van der Waals surface area contributed by atoms with Gasteiger partial charge in [0.2, 0.25) is 0 Å². The highest BCUT2D eigenvalue weighted by Crippen LogP contribution is 2.35. The maximum Gasteiger partial charge on any atom is 0.410 e. The zero-order chi connectivity index (χ0) is 17.4. The summed E-state index contributed by atoms with van der Waals surface area (Å²) in [6.45, 7) is 6.87. The van der Waals surface area contributed by atoms with Crippen molar-refractivity contribution < 1.29 is 23.6 Å². The fourth-order valence-corrected chi connectivity index (χ4v) is 2.88. The van der Waals surface area contributed by atoms with Crippen LogP contribution in [0.2, 0.25) is 0 Å². The Kier molecular flexibility index (Phi) is 4.12. The lowest BCUT2D eigenvalue weighted by Crippen LogP contribution is -2.64. The summed E-state index contributed by atoms with van der Waals surface area (Å²) >= 11 is 0. The molecule has 9 heteroatoms. The molecule has 132 valence electrons. The van der Waals surface area contributed by atoms with Crippen LogP contribution in [-0.2, 0) is 9.47 Å². The van der Waals surface area contributed by atoms with Gasteiger partial charge in [-0.1, -0.05) is 5.16 Å². The van der Waals surface area contributed by atoms with Crippen LogP contribution < -0.4 is 10.6 Å². The van der Waals surface area contributed by atoms with Crippen molar-refractivity contribution in [2.24, 2.45) is 0 Å². The SMILES string of the molecule is CC(C)(C)OC(=O)N1CC2(CC(NC(=O)Nc3ccon3)CO2)C1. The van der Waals surface area contributed by atoms with E-state index in [1.165, 1.54) is 6.26 Å². The summed E-state index contributed by atoms with van der Waals surface area (Å²) in [6, 6.07) is 1.08. The van der Waals surface area contributed by atoms with Crippen LogP contribution in [0.5, 0.6) is 0 Å². The standard InChI is InChI=1S/C15H22N4O5/c1-14(2,3)24-13(21)19-8-15(9-19)6-10(7-22-15)16-12(20)17-11-4-5-23-18-11/h4-5,10H,6-9H2,1-3H3,(H2,16,17,18,20). The molecule has 0 bridgehead atoms. The quantitative estimate of drug-likeness (QED) is 0.848. The van der Waals surface area contributed by atoms with Gasteiger partial charge >= 0.3 is 12.1 Å². The molecule has 1 unspecified atom stereocenters. The molecule has 9 nitrogen and oxygen atoms in total. The van der Waals surface area contributed by atoms with Gasteiger partial charge in [0.05, 0.1) is 25.7 Å². The monoisotopic (exact) mass is 338 g/mol. The Morgan fingerprint density at radius 3 is 2.79 bits per heavy atom. The van der Waals surface area contributed by atoms with Gasteiger partial charge < -0.3 is 24.2 Å². The van der Waals surface area contributed by atoms with Gasteiger partial charge in [-0.15, -0.1) is 0 Å². The lowest BCUT2D eigenvalue weighted by molar-refractivity contribution is -0.109. The Bertz CT molecular complexity index is 604. The van der Waals surface area contributed by atoms with E-state index in [0.717, 1.165) is 0 Å². The van der Waals surface area contributed by atoms with Crippen LogP contribution in [0, 0.1) is 0 Å². The van der Waals surface area contributed by atoms with E-state index in [4.69, 9.17) is 9.47 Å². The van der Waals surface area contributed by atoms with Gasteiger partial charge in [0.1, 0.15) is 17.5 Å².